The lowest BCUT2D eigenvalue weighted by Gasteiger charge is -2.41. The van der Waals surface area contributed by atoms with Crippen molar-refractivity contribution in [1.82, 2.24) is 5.32 Å². The monoisotopic (exact) mass is 803 g/mol. The summed E-state index contributed by atoms with van der Waals surface area (Å²) in [4.78, 5) is 23.3. The first-order chi connectivity index (χ1) is 26.3. The summed E-state index contributed by atoms with van der Waals surface area (Å²) in [6, 6.07) is -1.27. The number of nitrogens with one attached hydrogen (secondary N) is 1. The maximum Gasteiger partial charge on any atom is 0.472 e. The van der Waals surface area contributed by atoms with Gasteiger partial charge in [0.1, 0.15) is 36.6 Å². The molecule has 0 spiro atoms. The summed E-state index contributed by atoms with van der Waals surface area (Å²) in [5.41, 5.74) is 0. The van der Waals surface area contributed by atoms with E-state index in [9.17, 15) is 50.0 Å². The van der Waals surface area contributed by atoms with Crippen LogP contribution in [0.25, 0.3) is 0 Å². The Morgan fingerprint density at radius 3 is 1.71 bits per heavy atom. The van der Waals surface area contributed by atoms with Crippen molar-refractivity contribution in [2.45, 2.75) is 197 Å². The lowest BCUT2D eigenvalue weighted by molar-refractivity contribution is -0.220. The summed E-state index contributed by atoms with van der Waals surface area (Å²) in [6.07, 6.45) is 21.1. The van der Waals surface area contributed by atoms with Crippen molar-refractivity contribution in [3.05, 3.63) is 48.6 Å². The fraction of sp³-hybridized carbons (Fsp3) is 0.780. The second kappa shape index (κ2) is 31.3. The van der Waals surface area contributed by atoms with Gasteiger partial charge in [-0.05, 0) is 64.7 Å². The molecule has 14 heteroatoms. The molecule has 0 radical (unpaired) electrons. The molecule has 9 N–H and O–H groups in total. The Balaban J connectivity index is 2.58. The third kappa shape index (κ3) is 23.9. The van der Waals surface area contributed by atoms with Crippen LogP contribution in [0, 0.1) is 0 Å². The normalized spacial score (nSPS) is 24.9. The molecule has 1 fully saturated rings. The van der Waals surface area contributed by atoms with Crippen LogP contribution in [0.15, 0.2) is 48.6 Å². The maximum absolute atomic E-state index is 12.9. The average Bonchev–Trinajstić information content (AvgIpc) is 3.15. The second-order valence-corrected chi connectivity index (χ2v) is 16.1. The van der Waals surface area contributed by atoms with Crippen LogP contribution in [-0.4, -0.2) is 108 Å². The fourth-order valence-electron chi connectivity index (χ4n) is 6.27. The van der Waals surface area contributed by atoms with Gasteiger partial charge in [0.25, 0.3) is 0 Å². The van der Waals surface area contributed by atoms with E-state index >= 15 is 0 Å². The van der Waals surface area contributed by atoms with Crippen LogP contribution in [-0.2, 0) is 18.4 Å². The van der Waals surface area contributed by atoms with E-state index in [0.29, 0.717) is 19.3 Å². The quantitative estimate of drug-likeness (QED) is 0.0231. The highest BCUT2D eigenvalue weighted by Crippen LogP contribution is 2.47. The van der Waals surface area contributed by atoms with Gasteiger partial charge in [-0.2, -0.15) is 0 Å². The molecule has 13 nitrogen and oxygen atoms in total. The number of hydrogen-bond acceptors (Lipinski definition) is 11. The number of phosphoric acid groups is 1. The third-order valence-corrected chi connectivity index (χ3v) is 10.7. The molecule has 0 aromatic heterocycles. The van der Waals surface area contributed by atoms with Crippen LogP contribution in [0.1, 0.15) is 142 Å². The van der Waals surface area contributed by atoms with Crippen LogP contribution < -0.4 is 5.32 Å². The molecule has 320 valence electrons. The number of carbonyl (C=O) groups excluding carboxylic acids is 1. The Kier molecular flexibility index (Phi) is 29.2. The lowest BCUT2D eigenvalue weighted by Crippen LogP contribution is -2.64. The average molecular weight is 804 g/mol. The summed E-state index contributed by atoms with van der Waals surface area (Å²) >= 11 is 0. The van der Waals surface area contributed by atoms with Crippen molar-refractivity contribution in [2.75, 3.05) is 6.61 Å². The van der Waals surface area contributed by atoms with Crippen molar-refractivity contribution >= 4 is 13.7 Å². The second-order valence-electron chi connectivity index (χ2n) is 14.7. The number of aliphatic hydroxyl groups is 7. The van der Waals surface area contributed by atoms with Crippen molar-refractivity contribution in [3.63, 3.8) is 0 Å². The van der Waals surface area contributed by atoms with E-state index < -0.39 is 75.2 Å². The molecule has 0 aromatic carbocycles. The third-order valence-electron chi connectivity index (χ3n) is 9.71. The first-order valence-corrected chi connectivity index (χ1v) is 22.1. The molecule has 8 atom stereocenters. The van der Waals surface area contributed by atoms with Gasteiger partial charge in [0, 0.05) is 0 Å². The highest BCUT2D eigenvalue weighted by Gasteiger charge is 2.51. The Labute approximate surface area is 329 Å². The topological polar surface area (TPSA) is 226 Å². The minimum absolute atomic E-state index is 0.268. The van der Waals surface area contributed by atoms with Crippen LogP contribution in [0.2, 0.25) is 0 Å². The number of unbranched alkanes of at least 4 members (excludes halogenated alkanes) is 14. The Hall–Kier alpha value is -1.74. The molecule has 0 bridgehead atoms. The van der Waals surface area contributed by atoms with E-state index in [1.165, 1.54) is 63.9 Å². The fourth-order valence-corrected chi connectivity index (χ4v) is 7.24. The van der Waals surface area contributed by atoms with Gasteiger partial charge < -0.3 is 46.0 Å². The molecule has 8 unspecified atom stereocenters. The van der Waals surface area contributed by atoms with E-state index in [0.717, 1.165) is 44.9 Å². The van der Waals surface area contributed by atoms with Gasteiger partial charge in [0.2, 0.25) is 5.91 Å². The van der Waals surface area contributed by atoms with Gasteiger partial charge in [-0.1, -0.05) is 120 Å². The van der Waals surface area contributed by atoms with E-state index in [4.69, 9.17) is 9.05 Å². The molecule has 0 saturated heterocycles. The molecule has 1 amide bonds. The predicted octanol–water partition coefficient (Wildman–Crippen LogP) is 5.58. The molecule has 0 heterocycles. The smallest absolute Gasteiger partial charge is 0.393 e. The highest BCUT2D eigenvalue weighted by atomic mass is 31.2. The summed E-state index contributed by atoms with van der Waals surface area (Å²) in [5.74, 6) is -0.621. The number of aliphatic hydroxyl groups excluding tert-OH is 7. The Morgan fingerprint density at radius 1 is 0.673 bits per heavy atom. The van der Waals surface area contributed by atoms with Crippen LogP contribution >= 0.6 is 7.82 Å². The number of carbonyl (C=O) groups is 1. The summed E-state index contributed by atoms with van der Waals surface area (Å²) in [5, 5.41) is 74.0. The zero-order chi connectivity index (χ0) is 40.9. The first kappa shape index (κ1) is 51.3. The predicted molar refractivity (Wildman–Crippen MR) is 215 cm³/mol. The largest absolute Gasteiger partial charge is 0.472 e. The standard InChI is InChI=1S/C41H74NO12P/c1-3-5-7-9-11-13-14-15-16-17-18-19-21-22-24-26-28-32(43)30-35(45)42-33(34(44)29-27-25-23-20-12-10-8-6-4-2)31-53-55(51,52)54-41-39(49)37(47)36(46)38(48)40(41)50/h4,6,12,18-20,27,29,32-34,36-41,43-44,46-50H,3,5,7-11,13-17,21-26,28,30-31H2,1-2H3,(H,42,45)(H,51,52)/b6-4+,19-18-,20-12+,29-27+. The van der Waals surface area contributed by atoms with Crippen LogP contribution in [0.5, 0.6) is 0 Å². The highest BCUT2D eigenvalue weighted by molar-refractivity contribution is 7.47. The zero-order valence-corrected chi connectivity index (χ0v) is 34.2. The molecule has 1 aliphatic rings. The first-order valence-electron chi connectivity index (χ1n) is 20.6. The molecule has 1 rings (SSSR count). The van der Waals surface area contributed by atoms with E-state index in [1.807, 2.05) is 19.1 Å². The van der Waals surface area contributed by atoms with Gasteiger partial charge >= 0.3 is 7.82 Å². The summed E-state index contributed by atoms with van der Waals surface area (Å²) in [6.45, 7) is 3.44. The van der Waals surface area contributed by atoms with Crippen molar-refractivity contribution < 1.29 is 59.0 Å². The summed E-state index contributed by atoms with van der Waals surface area (Å²) in [7, 11) is -5.15. The van der Waals surface area contributed by atoms with Gasteiger partial charge in [-0.15, -0.1) is 0 Å². The molecule has 1 aliphatic carbocycles. The lowest BCUT2D eigenvalue weighted by atomic mass is 9.85. The van der Waals surface area contributed by atoms with E-state index in [2.05, 4.69) is 36.5 Å². The minimum Gasteiger partial charge on any atom is -0.393 e. The van der Waals surface area contributed by atoms with Gasteiger partial charge in [0.15, 0.2) is 0 Å². The minimum atomic E-state index is -5.15. The SMILES string of the molecule is C/C=C/CC/C=C/CC/C=C/C(O)C(COP(=O)(O)OC1C(O)C(O)C(O)C(O)C1O)NC(=O)CC(O)CCCCC/C=C\CCCCCCCCCCC. The van der Waals surface area contributed by atoms with Crippen molar-refractivity contribution in [2.24, 2.45) is 0 Å². The molecule has 55 heavy (non-hydrogen) atoms. The molecule has 0 aliphatic heterocycles. The maximum atomic E-state index is 12.9. The Bertz CT molecular complexity index is 1130. The number of rotatable bonds is 32. The number of amides is 1. The van der Waals surface area contributed by atoms with Crippen LogP contribution in [0.4, 0.5) is 0 Å². The molecule has 1 saturated carbocycles. The number of allylic oxidation sites excluding steroid dienone is 7. The molecular weight excluding hydrogens is 729 g/mol. The van der Waals surface area contributed by atoms with Crippen LogP contribution in [0.3, 0.4) is 0 Å². The van der Waals surface area contributed by atoms with Gasteiger partial charge in [-0.25, -0.2) is 4.57 Å². The number of hydrogen-bond donors (Lipinski definition) is 9. The Morgan fingerprint density at radius 2 is 1.15 bits per heavy atom. The summed E-state index contributed by atoms with van der Waals surface area (Å²) < 4.78 is 22.7. The zero-order valence-electron chi connectivity index (χ0n) is 33.3. The van der Waals surface area contributed by atoms with Gasteiger partial charge in [0.05, 0.1) is 31.3 Å². The molecular formula is C41H74NO12P. The van der Waals surface area contributed by atoms with Crippen molar-refractivity contribution in [1.29, 1.82) is 0 Å². The van der Waals surface area contributed by atoms with E-state index in [-0.39, 0.29) is 6.42 Å². The van der Waals surface area contributed by atoms with Gasteiger partial charge in [-0.3, -0.25) is 13.8 Å². The van der Waals surface area contributed by atoms with Crippen molar-refractivity contribution in [3.8, 4) is 0 Å². The van der Waals surface area contributed by atoms with E-state index in [1.54, 1.807) is 6.08 Å². The molecule has 0 aromatic rings. The number of phosphoric ester groups is 1.